The molecule has 0 aromatic rings. The van der Waals surface area contributed by atoms with Crippen LogP contribution in [0.4, 0.5) is 0 Å². The maximum absolute atomic E-state index is 5.52. The van der Waals surface area contributed by atoms with Crippen LogP contribution in [0.2, 0.25) is 0 Å². The third-order valence-electron chi connectivity index (χ3n) is 3.87. The van der Waals surface area contributed by atoms with Crippen LogP contribution in [0.3, 0.4) is 0 Å². The topological polar surface area (TPSA) is 18.5 Å². The van der Waals surface area contributed by atoms with Crippen LogP contribution in [0.15, 0.2) is 0 Å². The molecule has 3 fully saturated rings. The normalized spacial score (nSPS) is 52.0. The van der Waals surface area contributed by atoms with Gasteiger partial charge in [0.25, 0.3) is 0 Å². The third-order valence-corrected chi connectivity index (χ3v) is 3.87. The highest BCUT2D eigenvalue weighted by atomic mass is 16.5. The van der Waals surface area contributed by atoms with Crippen molar-refractivity contribution in [2.75, 3.05) is 26.4 Å². The Morgan fingerprint density at radius 3 is 1.25 bits per heavy atom. The summed E-state index contributed by atoms with van der Waals surface area (Å²) in [7, 11) is 0. The minimum atomic E-state index is 0.868. The average molecular weight is 168 g/mol. The highest BCUT2D eigenvalue weighted by Crippen LogP contribution is 2.43. The maximum atomic E-state index is 5.52. The van der Waals surface area contributed by atoms with Crippen molar-refractivity contribution in [2.24, 2.45) is 23.7 Å². The van der Waals surface area contributed by atoms with Gasteiger partial charge in [0.15, 0.2) is 0 Å². The van der Waals surface area contributed by atoms with E-state index in [-0.39, 0.29) is 0 Å². The SMILES string of the molecule is C1OCC2CC3COCC3CC12. The Hall–Kier alpha value is -0.0800. The summed E-state index contributed by atoms with van der Waals surface area (Å²) in [5, 5.41) is 0. The van der Waals surface area contributed by atoms with Gasteiger partial charge < -0.3 is 9.47 Å². The van der Waals surface area contributed by atoms with E-state index >= 15 is 0 Å². The van der Waals surface area contributed by atoms with Crippen molar-refractivity contribution in [3.63, 3.8) is 0 Å². The first-order valence-corrected chi connectivity index (χ1v) is 5.09. The summed E-state index contributed by atoms with van der Waals surface area (Å²) in [4.78, 5) is 0. The summed E-state index contributed by atoms with van der Waals surface area (Å²) in [6.45, 7) is 4.09. The van der Waals surface area contributed by atoms with Crippen LogP contribution in [0.1, 0.15) is 12.8 Å². The number of rotatable bonds is 0. The van der Waals surface area contributed by atoms with Crippen LogP contribution in [0.5, 0.6) is 0 Å². The molecule has 2 heteroatoms. The molecule has 0 N–H and O–H groups in total. The van der Waals surface area contributed by atoms with Crippen LogP contribution in [-0.4, -0.2) is 26.4 Å². The minimum Gasteiger partial charge on any atom is -0.381 e. The Labute approximate surface area is 73.2 Å². The number of hydrogen-bond donors (Lipinski definition) is 0. The first-order chi connectivity index (χ1) is 5.93. The van der Waals surface area contributed by atoms with E-state index in [9.17, 15) is 0 Å². The van der Waals surface area contributed by atoms with Crippen molar-refractivity contribution >= 4 is 0 Å². The lowest BCUT2D eigenvalue weighted by Crippen LogP contribution is -2.30. The van der Waals surface area contributed by atoms with E-state index < -0.39 is 0 Å². The zero-order chi connectivity index (χ0) is 7.97. The molecule has 0 aromatic carbocycles. The number of ether oxygens (including phenoxy) is 2. The van der Waals surface area contributed by atoms with Gasteiger partial charge in [-0.15, -0.1) is 0 Å². The Morgan fingerprint density at radius 2 is 0.917 bits per heavy atom. The number of hydrogen-bond acceptors (Lipinski definition) is 2. The third kappa shape index (κ3) is 1.01. The van der Waals surface area contributed by atoms with Gasteiger partial charge in [0.1, 0.15) is 0 Å². The molecule has 3 rings (SSSR count). The van der Waals surface area contributed by atoms with Crippen LogP contribution in [-0.2, 0) is 9.47 Å². The average Bonchev–Trinajstić information content (AvgIpc) is 2.64. The van der Waals surface area contributed by atoms with E-state index in [1.807, 2.05) is 0 Å². The van der Waals surface area contributed by atoms with E-state index in [4.69, 9.17) is 9.47 Å². The lowest BCUT2D eigenvalue weighted by Gasteiger charge is -2.31. The van der Waals surface area contributed by atoms with E-state index in [0.29, 0.717) is 0 Å². The van der Waals surface area contributed by atoms with E-state index in [0.717, 1.165) is 50.1 Å². The Kier molecular flexibility index (Phi) is 1.66. The van der Waals surface area contributed by atoms with Crippen molar-refractivity contribution in [1.82, 2.24) is 0 Å². The predicted octanol–water partition coefficient (Wildman–Crippen LogP) is 1.31. The van der Waals surface area contributed by atoms with Crippen LogP contribution >= 0.6 is 0 Å². The van der Waals surface area contributed by atoms with Crippen molar-refractivity contribution in [3.05, 3.63) is 0 Å². The van der Waals surface area contributed by atoms with Gasteiger partial charge in [-0.25, -0.2) is 0 Å². The second-order valence-electron chi connectivity index (χ2n) is 4.59. The lowest BCUT2D eigenvalue weighted by molar-refractivity contribution is 0.165. The van der Waals surface area contributed by atoms with Gasteiger partial charge in [-0.3, -0.25) is 0 Å². The van der Waals surface area contributed by atoms with Gasteiger partial charge in [-0.2, -0.15) is 0 Å². The summed E-state index contributed by atoms with van der Waals surface area (Å²) < 4.78 is 11.0. The molecule has 2 heterocycles. The van der Waals surface area contributed by atoms with Gasteiger partial charge in [-0.05, 0) is 36.5 Å². The molecule has 68 valence electrons. The second kappa shape index (κ2) is 2.71. The molecule has 3 aliphatic rings. The second-order valence-corrected chi connectivity index (χ2v) is 4.59. The Morgan fingerprint density at radius 1 is 0.583 bits per heavy atom. The Bertz CT molecular complexity index is 145. The van der Waals surface area contributed by atoms with E-state index in [1.165, 1.54) is 12.8 Å². The Balaban J connectivity index is 1.75. The fourth-order valence-corrected chi connectivity index (χ4v) is 3.11. The fourth-order valence-electron chi connectivity index (χ4n) is 3.11. The van der Waals surface area contributed by atoms with E-state index in [1.54, 1.807) is 0 Å². The predicted molar refractivity (Wildman–Crippen MR) is 44.8 cm³/mol. The zero-order valence-electron chi connectivity index (χ0n) is 7.37. The highest BCUT2D eigenvalue weighted by Gasteiger charge is 2.42. The van der Waals surface area contributed by atoms with Gasteiger partial charge in [-0.1, -0.05) is 0 Å². The zero-order valence-corrected chi connectivity index (χ0v) is 7.37. The summed E-state index contributed by atoms with van der Waals surface area (Å²) >= 11 is 0. The molecule has 4 unspecified atom stereocenters. The summed E-state index contributed by atoms with van der Waals surface area (Å²) in [5.41, 5.74) is 0. The summed E-state index contributed by atoms with van der Waals surface area (Å²) in [6.07, 6.45) is 2.74. The molecule has 2 nitrogen and oxygen atoms in total. The van der Waals surface area contributed by atoms with E-state index in [2.05, 4.69) is 0 Å². The fraction of sp³-hybridized carbons (Fsp3) is 1.00. The molecule has 2 aliphatic heterocycles. The molecule has 2 saturated heterocycles. The van der Waals surface area contributed by atoms with Crippen LogP contribution in [0.25, 0.3) is 0 Å². The van der Waals surface area contributed by atoms with Gasteiger partial charge >= 0.3 is 0 Å². The first kappa shape index (κ1) is 7.34. The largest absolute Gasteiger partial charge is 0.381 e. The molecule has 1 aliphatic carbocycles. The molecule has 4 atom stereocenters. The molecule has 0 aromatic heterocycles. The summed E-state index contributed by atoms with van der Waals surface area (Å²) in [6, 6.07) is 0. The van der Waals surface area contributed by atoms with Crippen molar-refractivity contribution in [1.29, 1.82) is 0 Å². The monoisotopic (exact) mass is 168 g/mol. The molecule has 1 saturated carbocycles. The van der Waals surface area contributed by atoms with Gasteiger partial charge in [0, 0.05) is 26.4 Å². The van der Waals surface area contributed by atoms with Crippen molar-refractivity contribution < 1.29 is 9.47 Å². The summed E-state index contributed by atoms with van der Waals surface area (Å²) in [5.74, 6) is 3.47. The molecule has 0 bridgehead atoms. The quantitative estimate of drug-likeness (QED) is 0.543. The maximum Gasteiger partial charge on any atom is 0.0498 e. The lowest BCUT2D eigenvalue weighted by atomic mass is 9.71. The molecule has 0 spiro atoms. The first-order valence-electron chi connectivity index (χ1n) is 5.09. The molecular formula is C10H16O2. The molecule has 0 amide bonds. The van der Waals surface area contributed by atoms with Crippen molar-refractivity contribution in [3.8, 4) is 0 Å². The van der Waals surface area contributed by atoms with Gasteiger partial charge in [0.05, 0.1) is 0 Å². The molecular weight excluding hydrogens is 152 g/mol. The standard InChI is InChI=1S/C10H16O2/c1-7-3-11-5-9(7)2-10-6-12-4-8(1)10/h7-10H,1-6H2. The highest BCUT2D eigenvalue weighted by molar-refractivity contribution is 4.90. The van der Waals surface area contributed by atoms with Gasteiger partial charge in [0.2, 0.25) is 0 Å². The minimum absolute atomic E-state index is 0.868. The molecule has 12 heavy (non-hydrogen) atoms. The molecule has 0 radical (unpaired) electrons. The number of fused-ring (bicyclic) bond motifs is 2. The van der Waals surface area contributed by atoms with Crippen LogP contribution in [0, 0.1) is 23.7 Å². The van der Waals surface area contributed by atoms with Crippen molar-refractivity contribution in [2.45, 2.75) is 12.8 Å². The van der Waals surface area contributed by atoms with Crippen LogP contribution < -0.4 is 0 Å². The smallest absolute Gasteiger partial charge is 0.0498 e.